The van der Waals surface area contributed by atoms with Crippen molar-refractivity contribution < 1.29 is 19.1 Å². The summed E-state index contributed by atoms with van der Waals surface area (Å²) in [4.78, 5) is 27.7. The molecule has 4 rings (SSSR count). The molecule has 0 amide bonds. The molecule has 1 N–H and O–H groups in total. The Labute approximate surface area is 203 Å². The monoisotopic (exact) mass is 483 g/mol. The molecule has 2 heterocycles. The highest BCUT2D eigenvalue weighted by molar-refractivity contribution is 7.99. The number of Topliss-reactive ketones (excluding diaryl/α,β-unsaturated/α-hetero) is 1. The highest BCUT2D eigenvalue weighted by atomic mass is 32.2. The molecule has 0 spiro atoms. The third kappa shape index (κ3) is 5.04. The number of dihydropyridines is 1. The Morgan fingerprint density at radius 2 is 2.09 bits per heavy atom. The average Bonchev–Trinajstić information content (AvgIpc) is 3.35. The second kappa shape index (κ2) is 10.6. The molecule has 2 atom stereocenters. The molecule has 0 fully saturated rings. The molecular formula is C26H29NO4S2. The summed E-state index contributed by atoms with van der Waals surface area (Å²) in [6.07, 6.45) is 1.12. The molecule has 2 aliphatic rings. The van der Waals surface area contributed by atoms with Gasteiger partial charge in [0.1, 0.15) is 12.4 Å². The summed E-state index contributed by atoms with van der Waals surface area (Å²) in [5.74, 6) is 1.95. The van der Waals surface area contributed by atoms with Gasteiger partial charge in [0.05, 0.1) is 18.6 Å². The third-order valence-electron chi connectivity index (χ3n) is 6.11. The molecule has 1 aromatic heterocycles. The van der Waals surface area contributed by atoms with Crippen molar-refractivity contribution in [2.45, 2.75) is 38.5 Å². The summed E-state index contributed by atoms with van der Waals surface area (Å²) in [5, 5.41) is 5.39. The normalized spacial score (nSPS) is 20.4. The third-order valence-corrected chi connectivity index (χ3v) is 7.91. The molecule has 174 valence electrons. The van der Waals surface area contributed by atoms with Crippen LogP contribution in [0.3, 0.4) is 0 Å². The fourth-order valence-electron chi connectivity index (χ4n) is 4.60. The summed E-state index contributed by atoms with van der Waals surface area (Å²) < 4.78 is 11.0. The molecule has 33 heavy (non-hydrogen) atoms. The highest BCUT2D eigenvalue weighted by Gasteiger charge is 2.41. The lowest BCUT2D eigenvalue weighted by Gasteiger charge is -2.36. The lowest BCUT2D eigenvalue weighted by Crippen LogP contribution is -2.36. The van der Waals surface area contributed by atoms with Crippen molar-refractivity contribution in [3.63, 3.8) is 0 Å². The van der Waals surface area contributed by atoms with Crippen molar-refractivity contribution in [2.24, 2.45) is 0 Å². The van der Waals surface area contributed by atoms with E-state index in [0.29, 0.717) is 30.6 Å². The SMILES string of the molecule is CCSCCOC(=O)C1=C(C)NC2=C(C(=O)CC(c3cccc(OC)c3)C2)C1c1cccs1. The van der Waals surface area contributed by atoms with E-state index in [4.69, 9.17) is 9.47 Å². The van der Waals surface area contributed by atoms with E-state index in [0.717, 1.165) is 39.1 Å². The van der Waals surface area contributed by atoms with E-state index in [-0.39, 0.29) is 23.6 Å². The van der Waals surface area contributed by atoms with E-state index >= 15 is 0 Å². The number of thiophene rings is 1. The maximum atomic E-state index is 13.5. The van der Waals surface area contributed by atoms with E-state index in [1.54, 1.807) is 30.2 Å². The van der Waals surface area contributed by atoms with Gasteiger partial charge in [0.25, 0.3) is 0 Å². The zero-order chi connectivity index (χ0) is 23.4. The number of thioether (sulfide) groups is 1. The number of carbonyl (C=O) groups is 2. The second-order valence-corrected chi connectivity index (χ2v) is 10.5. The Morgan fingerprint density at radius 1 is 1.24 bits per heavy atom. The number of hydrogen-bond donors (Lipinski definition) is 1. The number of nitrogens with one attached hydrogen (secondary N) is 1. The smallest absolute Gasteiger partial charge is 0.336 e. The average molecular weight is 484 g/mol. The molecule has 1 aromatic carbocycles. The fourth-order valence-corrected chi connectivity index (χ4v) is 5.93. The zero-order valence-electron chi connectivity index (χ0n) is 19.2. The van der Waals surface area contributed by atoms with Crippen LogP contribution in [-0.4, -0.2) is 37.0 Å². The maximum Gasteiger partial charge on any atom is 0.336 e. The van der Waals surface area contributed by atoms with Gasteiger partial charge in [-0.05, 0) is 54.2 Å². The summed E-state index contributed by atoms with van der Waals surface area (Å²) in [7, 11) is 1.65. The summed E-state index contributed by atoms with van der Waals surface area (Å²) in [5.41, 5.74) is 4.01. The quantitative estimate of drug-likeness (QED) is 0.400. The molecule has 0 radical (unpaired) electrons. The lowest BCUT2D eigenvalue weighted by molar-refractivity contribution is -0.138. The van der Waals surface area contributed by atoms with E-state index in [1.807, 2.05) is 48.7 Å². The van der Waals surface area contributed by atoms with Crippen LogP contribution in [-0.2, 0) is 14.3 Å². The number of rotatable bonds is 8. The Bertz CT molecular complexity index is 1090. The van der Waals surface area contributed by atoms with Crippen LogP contribution in [0.1, 0.15) is 49.0 Å². The molecule has 1 aliphatic heterocycles. The topological polar surface area (TPSA) is 64.6 Å². The molecular weight excluding hydrogens is 454 g/mol. The second-order valence-electron chi connectivity index (χ2n) is 8.14. The first-order chi connectivity index (χ1) is 16.0. The van der Waals surface area contributed by atoms with Gasteiger partial charge in [-0.2, -0.15) is 11.8 Å². The van der Waals surface area contributed by atoms with Gasteiger partial charge in [0.2, 0.25) is 0 Å². The van der Waals surface area contributed by atoms with Crippen LogP contribution in [0.2, 0.25) is 0 Å². The van der Waals surface area contributed by atoms with Crippen LogP contribution in [0.25, 0.3) is 0 Å². The number of benzene rings is 1. The van der Waals surface area contributed by atoms with Gasteiger partial charge < -0.3 is 14.8 Å². The van der Waals surface area contributed by atoms with Crippen molar-refractivity contribution in [1.29, 1.82) is 0 Å². The van der Waals surface area contributed by atoms with Crippen LogP contribution in [0, 0.1) is 0 Å². The van der Waals surface area contributed by atoms with Gasteiger partial charge in [0.15, 0.2) is 5.78 Å². The number of carbonyl (C=O) groups excluding carboxylic acids is 2. The molecule has 0 saturated heterocycles. The van der Waals surface area contributed by atoms with E-state index in [9.17, 15) is 9.59 Å². The zero-order valence-corrected chi connectivity index (χ0v) is 20.8. The number of ketones is 1. The molecule has 5 nitrogen and oxygen atoms in total. The van der Waals surface area contributed by atoms with Crippen LogP contribution < -0.4 is 10.1 Å². The summed E-state index contributed by atoms with van der Waals surface area (Å²) >= 11 is 3.30. The van der Waals surface area contributed by atoms with E-state index in [2.05, 4.69) is 12.2 Å². The number of hydrogen-bond acceptors (Lipinski definition) is 7. The minimum absolute atomic E-state index is 0.0650. The highest BCUT2D eigenvalue weighted by Crippen LogP contribution is 2.46. The van der Waals surface area contributed by atoms with Crippen LogP contribution in [0.15, 0.2) is 64.3 Å². The Kier molecular flexibility index (Phi) is 7.60. The standard InChI is InChI=1S/C26H29NO4S2/c1-4-32-12-10-31-26(29)23-16(2)27-20-14-18(17-7-5-8-19(13-17)30-3)15-21(28)24(20)25(23)22-9-6-11-33-22/h5-9,11,13,18,25,27H,4,10,12,14-15H2,1-3H3. The lowest BCUT2D eigenvalue weighted by atomic mass is 9.73. The summed E-state index contributed by atoms with van der Waals surface area (Å²) in [6.45, 7) is 4.35. The molecule has 2 unspecified atom stereocenters. The van der Waals surface area contributed by atoms with Gasteiger partial charge >= 0.3 is 5.97 Å². The van der Waals surface area contributed by atoms with Crippen LogP contribution in [0.5, 0.6) is 5.75 Å². The number of methoxy groups -OCH3 is 1. The molecule has 1 aliphatic carbocycles. The van der Waals surface area contributed by atoms with E-state index < -0.39 is 0 Å². The first-order valence-corrected chi connectivity index (χ1v) is 13.2. The number of ether oxygens (including phenoxy) is 2. The van der Waals surface area contributed by atoms with Crippen molar-refractivity contribution in [2.75, 3.05) is 25.2 Å². The van der Waals surface area contributed by atoms with E-state index in [1.165, 1.54) is 0 Å². The van der Waals surface area contributed by atoms with Gasteiger partial charge in [-0.15, -0.1) is 11.3 Å². The minimum atomic E-state index is -0.383. The maximum absolute atomic E-state index is 13.5. The van der Waals surface area contributed by atoms with Crippen molar-refractivity contribution >= 4 is 34.9 Å². The van der Waals surface area contributed by atoms with Gasteiger partial charge in [-0.25, -0.2) is 4.79 Å². The Morgan fingerprint density at radius 3 is 2.82 bits per heavy atom. The van der Waals surface area contributed by atoms with Crippen molar-refractivity contribution in [3.05, 3.63) is 74.8 Å². The van der Waals surface area contributed by atoms with Crippen molar-refractivity contribution in [1.82, 2.24) is 5.32 Å². The molecule has 0 bridgehead atoms. The predicted molar refractivity (Wildman–Crippen MR) is 134 cm³/mol. The minimum Gasteiger partial charge on any atom is -0.497 e. The number of esters is 1. The van der Waals surface area contributed by atoms with Crippen LogP contribution in [0.4, 0.5) is 0 Å². The summed E-state index contributed by atoms with van der Waals surface area (Å²) in [6, 6.07) is 11.9. The fraction of sp³-hybridized carbons (Fsp3) is 0.385. The molecule has 7 heteroatoms. The Hall–Kier alpha value is -2.51. The van der Waals surface area contributed by atoms with Crippen molar-refractivity contribution in [3.8, 4) is 5.75 Å². The van der Waals surface area contributed by atoms with Gasteiger partial charge in [0, 0.05) is 34.0 Å². The van der Waals surface area contributed by atoms with Gasteiger partial charge in [-0.3, -0.25) is 4.79 Å². The molecule has 0 saturated carbocycles. The first-order valence-electron chi connectivity index (χ1n) is 11.2. The van der Waals surface area contributed by atoms with Crippen LogP contribution >= 0.6 is 23.1 Å². The molecule has 2 aromatic rings. The van der Waals surface area contributed by atoms with Gasteiger partial charge in [-0.1, -0.05) is 25.1 Å². The Balaban J connectivity index is 1.66. The number of allylic oxidation sites excluding steroid dienone is 3. The predicted octanol–water partition coefficient (Wildman–Crippen LogP) is 5.41. The first kappa shape index (κ1) is 23.6. The largest absolute Gasteiger partial charge is 0.497 e.